The summed E-state index contributed by atoms with van der Waals surface area (Å²) in [5.74, 6) is 0. The average molecular weight is 438 g/mol. The largest absolute Gasteiger partial charge is 0.256 e. The van der Waals surface area contributed by atoms with Crippen LogP contribution in [-0.4, -0.2) is 15.0 Å². The van der Waals surface area contributed by atoms with Gasteiger partial charge in [0, 0.05) is 39.9 Å². The van der Waals surface area contributed by atoms with Gasteiger partial charge in [-0.3, -0.25) is 4.98 Å². The Morgan fingerprint density at radius 1 is 0.647 bits per heavy atom. The zero-order valence-electron chi connectivity index (χ0n) is 19.7. The number of benzene rings is 4. The second kappa shape index (κ2) is 5.61. The van der Waals surface area contributed by atoms with Gasteiger partial charge in [-0.25, -0.2) is 9.97 Å². The van der Waals surface area contributed by atoms with Gasteiger partial charge in [0.25, 0.3) is 0 Å². The van der Waals surface area contributed by atoms with Crippen LogP contribution in [-0.2, 0) is 10.8 Å². The molecule has 6 aromatic rings. The van der Waals surface area contributed by atoms with Gasteiger partial charge in [0.1, 0.15) is 6.33 Å². The second-order valence-electron chi connectivity index (χ2n) is 11.0. The molecule has 0 aliphatic heterocycles. The van der Waals surface area contributed by atoms with Crippen LogP contribution >= 0.6 is 0 Å². The average Bonchev–Trinajstić information content (AvgIpc) is 3.22. The smallest absolute Gasteiger partial charge is 0.116 e. The molecule has 2 aromatic heterocycles. The zero-order chi connectivity index (χ0) is 23.0. The topological polar surface area (TPSA) is 38.7 Å². The van der Waals surface area contributed by atoms with Crippen molar-refractivity contribution in [2.45, 2.75) is 38.5 Å². The Labute approximate surface area is 197 Å². The highest BCUT2D eigenvalue weighted by molar-refractivity contribution is 6.27. The number of pyridine rings is 1. The molecule has 0 N–H and O–H groups in total. The highest BCUT2D eigenvalue weighted by atomic mass is 14.8. The van der Waals surface area contributed by atoms with Crippen molar-refractivity contribution in [3.8, 4) is 22.5 Å². The molecule has 8 rings (SSSR count). The van der Waals surface area contributed by atoms with Crippen molar-refractivity contribution in [2.24, 2.45) is 0 Å². The Morgan fingerprint density at radius 3 is 1.88 bits per heavy atom. The lowest BCUT2D eigenvalue weighted by Crippen LogP contribution is -2.16. The fourth-order valence-electron chi connectivity index (χ4n) is 7.07. The van der Waals surface area contributed by atoms with Crippen LogP contribution in [0, 0.1) is 0 Å². The van der Waals surface area contributed by atoms with Crippen molar-refractivity contribution in [3.63, 3.8) is 0 Å². The van der Waals surface area contributed by atoms with E-state index in [-0.39, 0.29) is 10.8 Å². The molecule has 2 heterocycles. The summed E-state index contributed by atoms with van der Waals surface area (Å²) >= 11 is 0. The molecule has 0 fully saturated rings. The summed E-state index contributed by atoms with van der Waals surface area (Å²) < 4.78 is 0. The van der Waals surface area contributed by atoms with Crippen LogP contribution in [0.3, 0.4) is 0 Å². The number of hydrogen-bond donors (Lipinski definition) is 0. The third kappa shape index (κ3) is 1.91. The molecular formula is C31H23N3. The van der Waals surface area contributed by atoms with Gasteiger partial charge in [0.2, 0.25) is 0 Å². The molecule has 2 aliphatic rings. The first-order valence-electron chi connectivity index (χ1n) is 12.0. The van der Waals surface area contributed by atoms with Gasteiger partial charge in [-0.15, -0.1) is 0 Å². The third-order valence-corrected chi connectivity index (χ3v) is 8.53. The van der Waals surface area contributed by atoms with Crippen LogP contribution in [0.15, 0.2) is 67.3 Å². The van der Waals surface area contributed by atoms with Crippen LogP contribution in [0.1, 0.15) is 49.9 Å². The maximum absolute atomic E-state index is 4.81. The first-order valence-corrected chi connectivity index (χ1v) is 12.0. The van der Waals surface area contributed by atoms with E-state index >= 15 is 0 Å². The van der Waals surface area contributed by atoms with Crippen molar-refractivity contribution in [1.82, 2.24) is 15.0 Å². The normalized spacial score (nSPS) is 16.7. The first kappa shape index (κ1) is 18.6. The van der Waals surface area contributed by atoms with E-state index in [0.29, 0.717) is 0 Å². The van der Waals surface area contributed by atoms with Crippen LogP contribution in [0.5, 0.6) is 0 Å². The maximum Gasteiger partial charge on any atom is 0.116 e. The molecule has 0 unspecified atom stereocenters. The lowest BCUT2D eigenvalue weighted by atomic mass is 9.76. The minimum Gasteiger partial charge on any atom is -0.256 e. The Balaban J connectivity index is 1.57. The zero-order valence-corrected chi connectivity index (χ0v) is 19.7. The first-order chi connectivity index (χ1) is 16.4. The number of hydrogen-bond acceptors (Lipinski definition) is 3. The third-order valence-electron chi connectivity index (χ3n) is 8.53. The predicted octanol–water partition coefficient (Wildman–Crippen LogP) is 7.38. The molecule has 0 bridgehead atoms. The van der Waals surface area contributed by atoms with Gasteiger partial charge in [-0.2, -0.15) is 0 Å². The molecule has 0 saturated carbocycles. The van der Waals surface area contributed by atoms with Crippen molar-refractivity contribution >= 4 is 32.3 Å². The molecule has 162 valence electrons. The number of nitrogens with zero attached hydrogens (tertiary/aromatic N) is 3. The van der Waals surface area contributed by atoms with E-state index in [0.717, 1.165) is 11.4 Å². The van der Waals surface area contributed by atoms with Crippen LogP contribution in [0.25, 0.3) is 54.8 Å². The molecule has 2 aliphatic carbocycles. The Morgan fingerprint density at radius 2 is 1.24 bits per heavy atom. The molecule has 0 saturated heterocycles. The molecule has 0 radical (unpaired) electrons. The lowest BCUT2D eigenvalue weighted by Gasteiger charge is -2.26. The molecule has 0 atom stereocenters. The van der Waals surface area contributed by atoms with Gasteiger partial charge < -0.3 is 0 Å². The highest BCUT2D eigenvalue weighted by Crippen LogP contribution is 2.55. The SMILES string of the molecule is CC1(C)c2cccnc2-c2cc3ccc4c5c(cc6ccc(c21)c3c64)-c1ncncc1C5(C)C. The fourth-order valence-corrected chi connectivity index (χ4v) is 7.07. The molecule has 3 nitrogen and oxygen atoms in total. The van der Waals surface area contributed by atoms with E-state index in [1.807, 2.05) is 12.4 Å². The molecular weight excluding hydrogens is 414 g/mol. The summed E-state index contributed by atoms with van der Waals surface area (Å²) in [4.78, 5) is 13.9. The van der Waals surface area contributed by atoms with E-state index in [2.05, 4.69) is 81.2 Å². The molecule has 4 aromatic carbocycles. The monoisotopic (exact) mass is 437 g/mol. The van der Waals surface area contributed by atoms with E-state index in [1.54, 1.807) is 6.33 Å². The van der Waals surface area contributed by atoms with Crippen LogP contribution in [0.2, 0.25) is 0 Å². The molecule has 0 amide bonds. The lowest BCUT2D eigenvalue weighted by molar-refractivity contribution is 0.661. The summed E-state index contributed by atoms with van der Waals surface area (Å²) in [6, 6.07) is 18.3. The van der Waals surface area contributed by atoms with E-state index < -0.39 is 0 Å². The molecule has 3 heteroatoms. The Hall–Kier alpha value is -3.85. The number of aromatic nitrogens is 3. The maximum atomic E-state index is 4.81. The van der Waals surface area contributed by atoms with Gasteiger partial charge in [0.05, 0.1) is 11.4 Å². The van der Waals surface area contributed by atoms with Gasteiger partial charge in [-0.1, -0.05) is 58.0 Å². The van der Waals surface area contributed by atoms with E-state index in [1.165, 1.54) is 65.7 Å². The quantitative estimate of drug-likeness (QED) is 0.233. The highest BCUT2D eigenvalue weighted by Gasteiger charge is 2.41. The summed E-state index contributed by atoms with van der Waals surface area (Å²) in [5.41, 5.74) is 9.79. The van der Waals surface area contributed by atoms with E-state index in [4.69, 9.17) is 9.97 Å². The number of fused-ring (bicyclic) bond motifs is 8. The van der Waals surface area contributed by atoms with Crippen molar-refractivity contribution in [1.29, 1.82) is 0 Å². The predicted molar refractivity (Wildman–Crippen MR) is 139 cm³/mol. The second-order valence-corrected chi connectivity index (χ2v) is 11.0. The molecule has 0 spiro atoms. The molecule has 34 heavy (non-hydrogen) atoms. The standard InChI is InChI=1S/C31H23N3/c1-30(2)22-6-5-11-33-28(22)20-12-16-8-10-19-25-17(7-9-18(24(16)25)26(20)30)13-21-27(19)31(3,4)23-14-32-15-34-29(21)23/h5-15H,1-4H3. The fraction of sp³-hybridized carbons (Fsp3) is 0.194. The number of rotatable bonds is 0. The van der Waals surface area contributed by atoms with Crippen LogP contribution < -0.4 is 0 Å². The summed E-state index contributed by atoms with van der Waals surface area (Å²) in [6.07, 6.45) is 5.58. The van der Waals surface area contributed by atoms with Crippen LogP contribution in [0.4, 0.5) is 0 Å². The van der Waals surface area contributed by atoms with Gasteiger partial charge in [-0.05, 0) is 67.2 Å². The minimum absolute atomic E-state index is 0.0890. The van der Waals surface area contributed by atoms with E-state index in [9.17, 15) is 0 Å². The Bertz CT molecular complexity index is 1720. The van der Waals surface area contributed by atoms with Crippen molar-refractivity contribution < 1.29 is 0 Å². The van der Waals surface area contributed by atoms with Gasteiger partial charge in [0.15, 0.2) is 0 Å². The van der Waals surface area contributed by atoms with Crippen molar-refractivity contribution in [3.05, 3.63) is 89.5 Å². The van der Waals surface area contributed by atoms with Gasteiger partial charge >= 0.3 is 0 Å². The summed E-state index contributed by atoms with van der Waals surface area (Å²) in [6.45, 7) is 9.29. The van der Waals surface area contributed by atoms with Crippen molar-refractivity contribution in [2.75, 3.05) is 0 Å². The summed E-state index contributed by atoms with van der Waals surface area (Å²) in [5, 5.41) is 7.98. The Kier molecular flexibility index (Phi) is 3.06. The summed E-state index contributed by atoms with van der Waals surface area (Å²) in [7, 11) is 0. The minimum atomic E-state index is -0.143.